The Labute approximate surface area is 150 Å². The molecule has 5 heteroatoms. The number of likely N-dealkylation sites (tertiary alicyclic amines) is 2. The molecule has 0 aliphatic carbocycles. The van der Waals surface area contributed by atoms with Gasteiger partial charge in [0.2, 0.25) is 11.8 Å². The summed E-state index contributed by atoms with van der Waals surface area (Å²) in [5.74, 6) is 0.368. The Morgan fingerprint density at radius 2 is 1.64 bits per heavy atom. The van der Waals surface area contributed by atoms with Crippen LogP contribution in [0, 0.1) is 5.92 Å². The minimum absolute atomic E-state index is 0.0675. The summed E-state index contributed by atoms with van der Waals surface area (Å²) in [6, 6.07) is 10.8. The highest BCUT2D eigenvalue weighted by molar-refractivity contribution is 5.79. The third-order valence-corrected chi connectivity index (χ3v) is 5.49. The monoisotopic (exact) mass is 343 g/mol. The van der Waals surface area contributed by atoms with E-state index in [4.69, 9.17) is 0 Å². The molecule has 1 aromatic carbocycles. The quantitative estimate of drug-likeness (QED) is 0.910. The second kappa shape index (κ2) is 8.48. The minimum Gasteiger partial charge on any atom is -0.353 e. The molecule has 136 valence electrons. The summed E-state index contributed by atoms with van der Waals surface area (Å²) in [5.41, 5.74) is 1.35. The maximum Gasteiger partial charge on any atom is 0.223 e. The Bertz CT molecular complexity index is 574. The predicted molar refractivity (Wildman–Crippen MR) is 97.9 cm³/mol. The number of carbonyl (C=O) groups is 2. The van der Waals surface area contributed by atoms with Gasteiger partial charge in [0.25, 0.3) is 0 Å². The van der Waals surface area contributed by atoms with Crippen LogP contribution in [0.4, 0.5) is 0 Å². The number of amides is 2. The molecule has 2 aliphatic rings. The maximum atomic E-state index is 12.5. The average molecular weight is 343 g/mol. The highest BCUT2D eigenvalue weighted by Crippen LogP contribution is 2.19. The molecule has 0 saturated carbocycles. The summed E-state index contributed by atoms with van der Waals surface area (Å²) in [5, 5.41) is 3.25. The lowest BCUT2D eigenvalue weighted by atomic mass is 9.94. The van der Waals surface area contributed by atoms with Gasteiger partial charge in [-0.25, -0.2) is 0 Å². The largest absolute Gasteiger partial charge is 0.353 e. The fourth-order valence-corrected chi connectivity index (χ4v) is 3.85. The molecule has 3 rings (SSSR count). The van der Waals surface area contributed by atoms with Crippen molar-refractivity contribution in [3.63, 3.8) is 0 Å². The Kier molecular flexibility index (Phi) is 6.08. The van der Waals surface area contributed by atoms with Crippen molar-refractivity contribution in [2.75, 3.05) is 26.2 Å². The summed E-state index contributed by atoms with van der Waals surface area (Å²) < 4.78 is 0. The molecule has 2 aliphatic heterocycles. The van der Waals surface area contributed by atoms with E-state index in [9.17, 15) is 9.59 Å². The van der Waals surface area contributed by atoms with Crippen LogP contribution in [0.1, 0.15) is 38.2 Å². The average Bonchev–Trinajstić information content (AvgIpc) is 2.64. The van der Waals surface area contributed by atoms with E-state index < -0.39 is 0 Å². The zero-order valence-corrected chi connectivity index (χ0v) is 15.1. The first kappa shape index (κ1) is 17.9. The van der Waals surface area contributed by atoms with Crippen molar-refractivity contribution in [3.05, 3.63) is 35.9 Å². The molecule has 2 fully saturated rings. The highest BCUT2D eigenvalue weighted by atomic mass is 16.2. The lowest BCUT2D eigenvalue weighted by molar-refractivity contribution is -0.134. The molecule has 2 amide bonds. The second-order valence-electron chi connectivity index (χ2n) is 7.32. The van der Waals surface area contributed by atoms with Crippen LogP contribution in [0.25, 0.3) is 0 Å². The molecule has 25 heavy (non-hydrogen) atoms. The molecular formula is C20H29N3O2. The van der Waals surface area contributed by atoms with Gasteiger partial charge in [0.05, 0.1) is 0 Å². The Morgan fingerprint density at radius 1 is 1.00 bits per heavy atom. The third kappa shape index (κ3) is 5.05. The van der Waals surface area contributed by atoms with Crippen LogP contribution in [-0.4, -0.2) is 53.8 Å². The first-order valence-electron chi connectivity index (χ1n) is 9.44. The van der Waals surface area contributed by atoms with Gasteiger partial charge >= 0.3 is 0 Å². The summed E-state index contributed by atoms with van der Waals surface area (Å²) in [6.45, 7) is 6.08. The summed E-state index contributed by atoms with van der Waals surface area (Å²) >= 11 is 0. The van der Waals surface area contributed by atoms with Crippen LogP contribution in [0.3, 0.4) is 0 Å². The van der Waals surface area contributed by atoms with Crippen molar-refractivity contribution in [1.82, 2.24) is 15.1 Å². The van der Waals surface area contributed by atoms with E-state index in [1.807, 2.05) is 11.0 Å². The number of hydrogen-bond donors (Lipinski definition) is 1. The molecule has 0 atom stereocenters. The molecule has 0 radical (unpaired) electrons. The second-order valence-corrected chi connectivity index (χ2v) is 7.32. The van der Waals surface area contributed by atoms with Crippen LogP contribution in [0.2, 0.25) is 0 Å². The lowest BCUT2D eigenvalue weighted by Gasteiger charge is -2.35. The zero-order valence-electron chi connectivity index (χ0n) is 15.1. The number of carbonyl (C=O) groups excluding carboxylic acids is 2. The van der Waals surface area contributed by atoms with E-state index in [0.717, 1.165) is 45.3 Å². The molecule has 0 bridgehead atoms. The van der Waals surface area contributed by atoms with Gasteiger partial charge in [-0.1, -0.05) is 30.3 Å². The Morgan fingerprint density at radius 3 is 2.24 bits per heavy atom. The van der Waals surface area contributed by atoms with Crippen molar-refractivity contribution in [3.8, 4) is 0 Å². The van der Waals surface area contributed by atoms with E-state index in [2.05, 4.69) is 34.5 Å². The van der Waals surface area contributed by atoms with Gasteiger partial charge in [0.15, 0.2) is 0 Å². The van der Waals surface area contributed by atoms with E-state index >= 15 is 0 Å². The SMILES string of the molecule is CC(=O)N1CCC(C(=O)NC2CCN(Cc3ccccc3)CC2)CC1. The predicted octanol–water partition coefficient (Wildman–Crippen LogP) is 2.03. The highest BCUT2D eigenvalue weighted by Gasteiger charge is 2.28. The normalized spacial score (nSPS) is 20.4. The van der Waals surface area contributed by atoms with Crippen molar-refractivity contribution in [2.45, 2.75) is 45.2 Å². The number of rotatable bonds is 4. The summed E-state index contributed by atoms with van der Waals surface area (Å²) in [6.07, 6.45) is 3.62. The van der Waals surface area contributed by atoms with Gasteiger partial charge in [0.1, 0.15) is 0 Å². The van der Waals surface area contributed by atoms with Gasteiger partial charge in [0, 0.05) is 51.6 Å². The van der Waals surface area contributed by atoms with Gasteiger partial charge in [-0.15, -0.1) is 0 Å². The first-order chi connectivity index (χ1) is 12.1. The van der Waals surface area contributed by atoms with E-state index in [0.29, 0.717) is 19.1 Å². The fraction of sp³-hybridized carbons (Fsp3) is 0.600. The molecule has 2 saturated heterocycles. The molecule has 1 N–H and O–H groups in total. The Hall–Kier alpha value is -1.88. The van der Waals surface area contributed by atoms with Crippen LogP contribution in [0.5, 0.6) is 0 Å². The summed E-state index contributed by atoms with van der Waals surface area (Å²) in [7, 11) is 0. The lowest BCUT2D eigenvalue weighted by Crippen LogP contribution is -2.48. The smallest absolute Gasteiger partial charge is 0.223 e. The fourth-order valence-electron chi connectivity index (χ4n) is 3.85. The topological polar surface area (TPSA) is 52.7 Å². The molecule has 0 spiro atoms. The minimum atomic E-state index is 0.0675. The number of benzene rings is 1. The molecule has 0 unspecified atom stereocenters. The van der Waals surface area contributed by atoms with Crippen molar-refractivity contribution in [1.29, 1.82) is 0 Å². The molecular weight excluding hydrogens is 314 g/mol. The standard InChI is InChI=1S/C20H29N3O2/c1-16(24)23-13-7-18(8-14-23)20(25)21-19-9-11-22(12-10-19)15-17-5-3-2-4-6-17/h2-6,18-19H,7-15H2,1H3,(H,21,25). The number of hydrogen-bond acceptors (Lipinski definition) is 3. The van der Waals surface area contributed by atoms with Crippen LogP contribution in [0.15, 0.2) is 30.3 Å². The van der Waals surface area contributed by atoms with E-state index in [-0.39, 0.29) is 17.7 Å². The molecule has 5 nitrogen and oxygen atoms in total. The zero-order chi connectivity index (χ0) is 17.6. The first-order valence-corrected chi connectivity index (χ1v) is 9.44. The summed E-state index contributed by atoms with van der Waals surface area (Å²) in [4.78, 5) is 28.2. The van der Waals surface area contributed by atoms with Gasteiger partial charge in [-0.2, -0.15) is 0 Å². The van der Waals surface area contributed by atoms with E-state index in [1.54, 1.807) is 6.92 Å². The molecule has 0 aromatic heterocycles. The maximum absolute atomic E-state index is 12.5. The molecule has 2 heterocycles. The number of nitrogens with one attached hydrogen (secondary N) is 1. The Balaban J connectivity index is 1.39. The van der Waals surface area contributed by atoms with Gasteiger partial charge in [-0.05, 0) is 31.2 Å². The van der Waals surface area contributed by atoms with Crippen molar-refractivity contribution < 1.29 is 9.59 Å². The van der Waals surface area contributed by atoms with Crippen LogP contribution in [-0.2, 0) is 16.1 Å². The third-order valence-electron chi connectivity index (χ3n) is 5.49. The van der Waals surface area contributed by atoms with Crippen LogP contribution >= 0.6 is 0 Å². The number of piperidine rings is 2. The van der Waals surface area contributed by atoms with E-state index in [1.165, 1.54) is 5.56 Å². The van der Waals surface area contributed by atoms with Gasteiger partial charge < -0.3 is 10.2 Å². The van der Waals surface area contributed by atoms with Crippen LogP contribution < -0.4 is 5.32 Å². The number of nitrogens with zero attached hydrogens (tertiary/aromatic N) is 2. The van der Waals surface area contributed by atoms with Gasteiger partial charge in [-0.3, -0.25) is 14.5 Å². The van der Waals surface area contributed by atoms with Crippen molar-refractivity contribution in [2.24, 2.45) is 5.92 Å². The molecule has 1 aromatic rings. The van der Waals surface area contributed by atoms with Crippen molar-refractivity contribution >= 4 is 11.8 Å².